The summed E-state index contributed by atoms with van der Waals surface area (Å²) in [6.45, 7) is 3.92. The molecule has 0 aliphatic rings. The van der Waals surface area contributed by atoms with Crippen LogP contribution in [0, 0.1) is 0 Å². The van der Waals surface area contributed by atoms with Crippen molar-refractivity contribution in [2.75, 3.05) is 5.32 Å². The van der Waals surface area contributed by atoms with Crippen LogP contribution in [0.4, 0.5) is 5.69 Å². The molecule has 1 heterocycles. The minimum Gasteiger partial charge on any atom is -0.465 e. The van der Waals surface area contributed by atoms with Gasteiger partial charge in [-0.3, -0.25) is 9.59 Å². The standard InChI is InChI=1S/C24H24N2O3/c1-18(21-10-6-11-22(16-21)25-19(2)27)26(17-20-8-4-3-5-9-20)24(28)14-13-23-12-7-15-29-23/h3-16,18H,17H2,1-2H3,(H,25,27)/b14-13+. The highest BCUT2D eigenvalue weighted by Gasteiger charge is 2.20. The van der Waals surface area contributed by atoms with Gasteiger partial charge in [-0.05, 0) is 48.4 Å². The molecule has 0 radical (unpaired) electrons. The summed E-state index contributed by atoms with van der Waals surface area (Å²) in [5.41, 5.74) is 2.68. The second-order valence-corrected chi connectivity index (χ2v) is 6.78. The van der Waals surface area contributed by atoms with Gasteiger partial charge in [-0.25, -0.2) is 0 Å². The molecule has 0 aliphatic heterocycles. The quantitative estimate of drug-likeness (QED) is 0.577. The lowest BCUT2D eigenvalue weighted by Gasteiger charge is -2.29. The number of nitrogens with zero attached hydrogens (tertiary/aromatic N) is 1. The molecule has 3 aromatic rings. The molecule has 5 nitrogen and oxygen atoms in total. The van der Waals surface area contributed by atoms with E-state index in [9.17, 15) is 9.59 Å². The summed E-state index contributed by atoms with van der Waals surface area (Å²) in [7, 11) is 0. The molecule has 1 atom stereocenters. The Bertz CT molecular complexity index is 978. The van der Waals surface area contributed by atoms with Crippen molar-refractivity contribution in [2.24, 2.45) is 0 Å². The first-order valence-electron chi connectivity index (χ1n) is 9.46. The van der Waals surface area contributed by atoms with Crippen LogP contribution in [0.2, 0.25) is 0 Å². The van der Waals surface area contributed by atoms with Crippen LogP contribution >= 0.6 is 0 Å². The van der Waals surface area contributed by atoms with Gasteiger partial charge in [0.2, 0.25) is 11.8 Å². The first-order chi connectivity index (χ1) is 14.0. The number of carbonyl (C=O) groups excluding carboxylic acids is 2. The molecule has 2 amide bonds. The predicted octanol–water partition coefficient (Wildman–Crippen LogP) is 5.04. The fraction of sp³-hybridized carbons (Fsp3) is 0.167. The molecular weight excluding hydrogens is 364 g/mol. The largest absolute Gasteiger partial charge is 0.465 e. The van der Waals surface area contributed by atoms with E-state index in [1.165, 1.54) is 13.0 Å². The number of anilines is 1. The molecule has 0 spiro atoms. The Kier molecular flexibility index (Phi) is 6.63. The summed E-state index contributed by atoms with van der Waals surface area (Å²) in [4.78, 5) is 26.2. The van der Waals surface area contributed by atoms with Crippen molar-refractivity contribution in [1.82, 2.24) is 4.90 Å². The summed E-state index contributed by atoms with van der Waals surface area (Å²) >= 11 is 0. The first-order valence-corrected chi connectivity index (χ1v) is 9.46. The third-order valence-corrected chi connectivity index (χ3v) is 4.57. The zero-order valence-electron chi connectivity index (χ0n) is 16.5. The smallest absolute Gasteiger partial charge is 0.247 e. The van der Waals surface area contributed by atoms with Crippen molar-refractivity contribution in [3.8, 4) is 0 Å². The molecule has 1 N–H and O–H groups in total. The monoisotopic (exact) mass is 388 g/mol. The molecule has 0 bridgehead atoms. The maximum atomic E-state index is 13.0. The first kappa shape index (κ1) is 20.1. The van der Waals surface area contributed by atoms with Crippen LogP contribution in [0.3, 0.4) is 0 Å². The summed E-state index contributed by atoms with van der Waals surface area (Å²) in [6, 6.07) is 20.8. The van der Waals surface area contributed by atoms with Crippen LogP contribution in [0.15, 0.2) is 83.5 Å². The van der Waals surface area contributed by atoms with E-state index in [4.69, 9.17) is 4.42 Å². The van der Waals surface area contributed by atoms with E-state index < -0.39 is 0 Å². The number of benzene rings is 2. The van der Waals surface area contributed by atoms with E-state index in [0.29, 0.717) is 18.0 Å². The van der Waals surface area contributed by atoms with Gasteiger partial charge in [-0.1, -0.05) is 42.5 Å². The molecule has 0 saturated carbocycles. The molecule has 0 aliphatic carbocycles. The summed E-state index contributed by atoms with van der Waals surface area (Å²) in [5.74, 6) is 0.370. The van der Waals surface area contributed by atoms with Crippen molar-refractivity contribution in [3.63, 3.8) is 0 Å². The van der Waals surface area contributed by atoms with Crippen molar-refractivity contribution in [2.45, 2.75) is 26.4 Å². The summed E-state index contributed by atoms with van der Waals surface area (Å²) in [5, 5.41) is 2.79. The van der Waals surface area contributed by atoms with Gasteiger partial charge < -0.3 is 14.6 Å². The number of carbonyl (C=O) groups is 2. The fourth-order valence-electron chi connectivity index (χ4n) is 3.08. The Morgan fingerprint density at radius 3 is 2.55 bits per heavy atom. The molecule has 5 heteroatoms. The zero-order chi connectivity index (χ0) is 20.6. The second kappa shape index (κ2) is 9.55. The molecule has 1 unspecified atom stereocenters. The van der Waals surface area contributed by atoms with Gasteiger partial charge in [0, 0.05) is 25.2 Å². The summed E-state index contributed by atoms with van der Waals surface area (Å²) in [6.07, 6.45) is 4.76. The van der Waals surface area contributed by atoms with Crippen molar-refractivity contribution >= 4 is 23.6 Å². The van der Waals surface area contributed by atoms with Crippen LogP contribution in [-0.2, 0) is 16.1 Å². The van der Waals surface area contributed by atoms with Crippen molar-refractivity contribution in [1.29, 1.82) is 0 Å². The molecule has 1 aromatic heterocycles. The Morgan fingerprint density at radius 2 is 1.86 bits per heavy atom. The van der Waals surface area contributed by atoms with Gasteiger partial charge in [0.25, 0.3) is 0 Å². The average molecular weight is 388 g/mol. The number of nitrogens with one attached hydrogen (secondary N) is 1. The van der Waals surface area contributed by atoms with Gasteiger partial charge in [0.1, 0.15) is 5.76 Å². The highest BCUT2D eigenvalue weighted by molar-refractivity contribution is 5.92. The maximum absolute atomic E-state index is 13.0. The minimum absolute atomic E-state index is 0.123. The Hall–Kier alpha value is -3.60. The SMILES string of the molecule is CC(=O)Nc1cccc(C(C)N(Cc2ccccc2)C(=O)/C=C/c2ccco2)c1. The number of amides is 2. The predicted molar refractivity (Wildman–Crippen MR) is 114 cm³/mol. The highest BCUT2D eigenvalue weighted by Crippen LogP contribution is 2.25. The number of rotatable bonds is 7. The highest BCUT2D eigenvalue weighted by atomic mass is 16.3. The van der Waals surface area contributed by atoms with Crippen LogP contribution in [0.1, 0.15) is 36.8 Å². The molecule has 0 fully saturated rings. The molecule has 148 valence electrons. The second-order valence-electron chi connectivity index (χ2n) is 6.78. The lowest BCUT2D eigenvalue weighted by atomic mass is 10.0. The Morgan fingerprint density at radius 1 is 1.07 bits per heavy atom. The van der Waals surface area contributed by atoms with Crippen molar-refractivity contribution < 1.29 is 14.0 Å². The third kappa shape index (κ3) is 5.69. The lowest BCUT2D eigenvalue weighted by molar-refractivity contribution is -0.128. The normalized spacial score (nSPS) is 11.9. The van der Waals surface area contributed by atoms with Crippen molar-refractivity contribution in [3.05, 3.63) is 96.0 Å². The minimum atomic E-state index is -0.197. The van der Waals surface area contributed by atoms with Gasteiger partial charge in [0.05, 0.1) is 12.3 Å². The van der Waals surface area contributed by atoms with Gasteiger partial charge in [-0.2, -0.15) is 0 Å². The third-order valence-electron chi connectivity index (χ3n) is 4.57. The maximum Gasteiger partial charge on any atom is 0.247 e. The van der Waals surface area contributed by atoms with E-state index >= 15 is 0 Å². The van der Waals surface area contributed by atoms with Crippen LogP contribution in [0.5, 0.6) is 0 Å². The zero-order valence-corrected chi connectivity index (χ0v) is 16.5. The number of furan rings is 1. The van der Waals surface area contributed by atoms with Gasteiger partial charge in [0.15, 0.2) is 0 Å². The lowest BCUT2D eigenvalue weighted by Crippen LogP contribution is -2.31. The topological polar surface area (TPSA) is 62.6 Å². The number of hydrogen-bond acceptors (Lipinski definition) is 3. The van der Waals surface area contributed by atoms with E-state index in [0.717, 1.165) is 11.1 Å². The van der Waals surface area contributed by atoms with Crippen LogP contribution < -0.4 is 5.32 Å². The van der Waals surface area contributed by atoms with Crippen LogP contribution in [0.25, 0.3) is 6.08 Å². The molecule has 3 rings (SSSR count). The van der Waals surface area contributed by atoms with Gasteiger partial charge in [-0.15, -0.1) is 0 Å². The van der Waals surface area contributed by atoms with Gasteiger partial charge >= 0.3 is 0 Å². The fourth-order valence-corrected chi connectivity index (χ4v) is 3.08. The number of hydrogen-bond donors (Lipinski definition) is 1. The Balaban J connectivity index is 1.87. The Labute approximate surface area is 170 Å². The van der Waals surface area contributed by atoms with E-state index in [2.05, 4.69) is 5.32 Å². The molecule has 0 saturated heterocycles. The van der Waals surface area contributed by atoms with E-state index in [1.807, 2.05) is 61.5 Å². The molecule has 29 heavy (non-hydrogen) atoms. The molecular formula is C24H24N2O3. The van der Waals surface area contributed by atoms with E-state index in [-0.39, 0.29) is 17.9 Å². The van der Waals surface area contributed by atoms with Crippen LogP contribution in [-0.4, -0.2) is 16.7 Å². The average Bonchev–Trinajstić information content (AvgIpc) is 3.24. The summed E-state index contributed by atoms with van der Waals surface area (Å²) < 4.78 is 5.28. The molecule has 2 aromatic carbocycles. The van der Waals surface area contributed by atoms with E-state index in [1.54, 1.807) is 29.4 Å².